The average molecular weight is 322 g/mol. The highest BCUT2D eigenvalue weighted by molar-refractivity contribution is 8.26. The summed E-state index contributed by atoms with van der Waals surface area (Å²) in [5.41, 5.74) is 0.630. The minimum Gasteiger partial charge on any atom is -0.293 e. The number of amides is 1. The second-order valence-electron chi connectivity index (χ2n) is 4.54. The highest BCUT2D eigenvalue weighted by Gasteiger charge is 2.31. The van der Waals surface area contributed by atoms with E-state index in [0.29, 0.717) is 21.3 Å². The van der Waals surface area contributed by atoms with Gasteiger partial charge in [-0.3, -0.25) is 19.8 Å². The van der Waals surface area contributed by atoms with E-state index in [1.54, 1.807) is 23.1 Å². The number of nitro benzene ring substituents is 1. The molecular weight excluding hydrogens is 308 g/mol. The number of thioether (sulfide) groups is 1. The molecule has 21 heavy (non-hydrogen) atoms. The zero-order valence-electron chi connectivity index (χ0n) is 11.4. The Balaban J connectivity index is 2.22. The molecule has 1 aliphatic heterocycles. The Bertz CT molecular complexity index is 628. The van der Waals surface area contributed by atoms with Crippen LogP contribution >= 0.6 is 24.0 Å². The van der Waals surface area contributed by atoms with Crippen LogP contribution in [-0.2, 0) is 4.79 Å². The van der Waals surface area contributed by atoms with Crippen molar-refractivity contribution < 1.29 is 9.72 Å². The summed E-state index contributed by atoms with van der Waals surface area (Å²) in [5, 5.41) is 10.8. The number of carbonyl (C=O) groups excluding carboxylic acids is 1. The first kappa shape index (κ1) is 15.7. The van der Waals surface area contributed by atoms with E-state index in [2.05, 4.69) is 6.92 Å². The van der Waals surface area contributed by atoms with Gasteiger partial charge in [-0.2, -0.15) is 0 Å². The summed E-state index contributed by atoms with van der Waals surface area (Å²) >= 11 is 6.45. The third kappa shape index (κ3) is 3.68. The van der Waals surface area contributed by atoms with Gasteiger partial charge in [-0.1, -0.05) is 49.5 Å². The molecule has 7 heteroatoms. The first-order chi connectivity index (χ1) is 10.0. The van der Waals surface area contributed by atoms with Crippen LogP contribution in [0.2, 0.25) is 0 Å². The first-order valence-electron chi connectivity index (χ1n) is 6.52. The molecule has 1 aromatic rings. The van der Waals surface area contributed by atoms with Crippen LogP contribution in [0.4, 0.5) is 5.69 Å². The van der Waals surface area contributed by atoms with Gasteiger partial charge in [-0.05, 0) is 18.1 Å². The summed E-state index contributed by atoms with van der Waals surface area (Å²) in [4.78, 5) is 24.7. The number of rotatable bonds is 5. The maximum Gasteiger partial charge on any atom is 0.270 e. The number of unbranched alkanes of at least 4 members (excludes halogenated alkanes) is 1. The van der Waals surface area contributed by atoms with Gasteiger partial charge in [-0.25, -0.2) is 0 Å². The molecule has 0 N–H and O–H groups in total. The second-order valence-corrected chi connectivity index (χ2v) is 6.21. The molecule has 0 spiro atoms. The lowest BCUT2D eigenvalue weighted by molar-refractivity contribution is -0.384. The summed E-state index contributed by atoms with van der Waals surface area (Å²) in [6.07, 6.45) is 3.54. The van der Waals surface area contributed by atoms with E-state index in [-0.39, 0.29) is 11.6 Å². The average Bonchev–Trinajstić information content (AvgIpc) is 2.72. The Hall–Kier alpha value is -1.73. The zero-order chi connectivity index (χ0) is 15.4. The largest absolute Gasteiger partial charge is 0.293 e. The third-order valence-electron chi connectivity index (χ3n) is 2.99. The quantitative estimate of drug-likeness (QED) is 0.359. The number of thiocarbonyl (C=S) groups is 1. The molecule has 1 heterocycles. The molecule has 1 fully saturated rings. The van der Waals surface area contributed by atoms with Gasteiger partial charge >= 0.3 is 0 Å². The van der Waals surface area contributed by atoms with E-state index in [9.17, 15) is 14.9 Å². The van der Waals surface area contributed by atoms with Crippen LogP contribution in [0.3, 0.4) is 0 Å². The van der Waals surface area contributed by atoms with E-state index >= 15 is 0 Å². The summed E-state index contributed by atoms with van der Waals surface area (Å²) in [6, 6.07) is 6.19. The van der Waals surface area contributed by atoms with Crippen LogP contribution in [0.15, 0.2) is 29.2 Å². The van der Waals surface area contributed by atoms with Gasteiger partial charge in [0.15, 0.2) is 0 Å². The topological polar surface area (TPSA) is 63.5 Å². The molecule has 2 rings (SSSR count). The summed E-state index contributed by atoms with van der Waals surface area (Å²) in [5.74, 6) is -0.120. The van der Waals surface area contributed by atoms with Crippen molar-refractivity contribution in [1.82, 2.24) is 4.90 Å². The molecule has 1 aliphatic rings. The fraction of sp³-hybridized carbons (Fsp3) is 0.286. The molecule has 0 unspecified atom stereocenters. The van der Waals surface area contributed by atoms with Gasteiger partial charge in [0.25, 0.3) is 11.6 Å². The Morgan fingerprint density at radius 1 is 1.48 bits per heavy atom. The molecule has 0 aromatic heterocycles. The van der Waals surface area contributed by atoms with Gasteiger partial charge in [0.1, 0.15) is 4.32 Å². The Morgan fingerprint density at radius 3 is 2.90 bits per heavy atom. The number of carbonyl (C=O) groups is 1. The Morgan fingerprint density at radius 2 is 2.24 bits per heavy atom. The number of nitro groups is 1. The highest BCUT2D eigenvalue weighted by atomic mass is 32.2. The number of hydrogen-bond acceptors (Lipinski definition) is 5. The molecule has 110 valence electrons. The molecule has 1 aromatic carbocycles. The SMILES string of the molecule is CCCCN1C(=O)/C(=C/c2cccc([N+](=O)[O-])c2)SC1=S. The lowest BCUT2D eigenvalue weighted by Gasteiger charge is -2.12. The van der Waals surface area contributed by atoms with Crippen molar-refractivity contribution in [3.05, 3.63) is 44.8 Å². The van der Waals surface area contributed by atoms with Crippen LogP contribution in [0.25, 0.3) is 6.08 Å². The van der Waals surface area contributed by atoms with Crippen molar-refractivity contribution in [2.45, 2.75) is 19.8 Å². The Labute approximate surface area is 132 Å². The normalized spacial score (nSPS) is 16.8. The van der Waals surface area contributed by atoms with Crippen molar-refractivity contribution in [3.8, 4) is 0 Å². The minimum atomic E-state index is -0.455. The summed E-state index contributed by atoms with van der Waals surface area (Å²) in [7, 11) is 0. The Kier molecular flexibility index (Phi) is 5.08. The zero-order valence-corrected chi connectivity index (χ0v) is 13.1. The molecule has 0 atom stereocenters. The predicted molar refractivity (Wildman–Crippen MR) is 87.9 cm³/mol. The second kappa shape index (κ2) is 6.82. The first-order valence-corrected chi connectivity index (χ1v) is 7.75. The van der Waals surface area contributed by atoms with E-state index in [4.69, 9.17) is 12.2 Å². The van der Waals surface area contributed by atoms with Crippen LogP contribution < -0.4 is 0 Å². The molecule has 1 saturated heterocycles. The smallest absolute Gasteiger partial charge is 0.270 e. The van der Waals surface area contributed by atoms with Gasteiger partial charge in [0.2, 0.25) is 0 Å². The maximum absolute atomic E-state index is 12.3. The molecule has 1 amide bonds. The molecular formula is C14H14N2O3S2. The van der Waals surface area contributed by atoms with Gasteiger partial charge in [0.05, 0.1) is 9.83 Å². The number of nitrogens with zero attached hydrogens (tertiary/aromatic N) is 2. The fourth-order valence-electron chi connectivity index (χ4n) is 1.89. The van der Waals surface area contributed by atoms with Crippen molar-refractivity contribution in [2.75, 3.05) is 6.54 Å². The standard InChI is InChI=1S/C14H14N2O3S2/c1-2-3-7-15-13(17)12(21-14(15)20)9-10-5-4-6-11(8-10)16(18)19/h4-6,8-9H,2-3,7H2,1H3/b12-9-. The number of non-ortho nitro benzene ring substituents is 1. The lowest BCUT2D eigenvalue weighted by Crippen LogP contribution is -2.28. The van der Waals surface area contributed by atoms with E-state index in [1.807, 2.05) is 0 Å². The van der Waals surface area contributed by atoms with Crippen molar-refractivity contribution >= 4 is 46.0 Å². The summed E-state index contributed by atoms with van der Waals surface area (Å²) in [6.45, 7) is 2.67. The minimum absolute atomic E-state index is 0.00483. The van der Waals surface area contributed by atoms with Crippen LogP contribution in [0.5, 0.6) is 0 Å². The number of hydrogen-bond donors (Lipinski definition) is 0. The van der Waals surface area contributed by atoms with Gasteiger partial charge in [-0.15, -0.1) is 0 Å². The van der Waals surface area contributed by atoms with Gasteiger partial charge in [0, 0.05) is 18.7 Å². The van der Waals surface area contributed by atoms with Crippen molar-refractivity contribution in [2.24, 2.45) is 0 Å². The monoisotopic (exact) mass is 322 g/mol. The fourth-order valence-corrected chi connectivity index (χ4v) is 3.20. The lowest BCUT2D eigenvalue weighted by atomic mass is 10.2. The molecule has 0 saturated carbocycles. The number of benzene rings is 1. The molecule has 0 aliphatic carbocycles. The highest BCUT2D eigenvalue weighted by Crippen LogP contribution is 2.33. The van der Waals surface area contributed by atoms with Gasteiger partial charge < -0.3 is 0 Å². The summed E-state index contributed by atoms with van der Waals surface area (Å²) < 4.78 is 0.546. The van der Waals surface area contributed by atoms with Crippen LogP contribution in [0.1, 0.15) is 25.3 Å². The van der Waals surface area contributed by atoms with Crippen molar-refractivity contribution in [3.63, 3.8) is 0 Å². The van der Waals surface area contributed by atoms with E-state index < -0.39 is 4.92 Å². The third-order valence-corrected chi connectivity index (χ3v) is 4.37. The molecule has 0 bridgehead atoms. The van der Waals surface area contributed by atoms with Crippen LogP contribution in [-0.4, -0.2) is 26.6 Å². The van der Waals surface area contributed by atoms with E-state index in [0.717, 1.165) is 12.8 Å². The maximum atomic E-state index is 12.3. The predicted octanol–water partition coefficient (Wildman–Crippen LogP) is 3.60. The van der Waals surface area contributed by atoms with Crippen molar-refractivity contribution in [1.29, 1.82) is 0 Å². The van der Waals surface area contributed by atoms with Crippen LogP contribution in [0, 0.1) is 10.1 Å². The molecule has 0 radical (unpaired) electrons. The van der Waals surface area contributed by atoms with E-state index in [1.165, 1.54) is 23.9 Å². The molecule has 5 nitrogen and oxygen atoms in total.